The van der Waals surface area contributed by atoms with Crippen LogP contribution in [-0.4, -0.2) is 51.0 Å². The summed E-state index contributed by atoms with van der Waals surface area (Å²) in [6, 6.07) is 5.62. The second-order valence-electron chi connectivity index (χ2n) is 7.00. The largest absolute Gasteiger partial charge is 0.461 e. The van der Waals surface area contributed by atoms with Gasteiger partial charge in [0.2, 0.25) is 0 Å². The number of esters is 1. The van der Waals surface area contributed by atoms with E-state index in [0.29, 0.717) is 30.1 Å². The third kappa shape index (κ3) is 2.79. The van der Waals surface area contributed by atoms with Crippen LogP contribution in [0.3, 0.4) is 0 Å². The molecule has 9 heteroatoms. The smallest absolute Gasteiger partial charge is 0.361 e. The van der Waals surface area contributed by atoms with E-state index in [4.69, 9.17) is 9.15 Å². The van der Waals surface area contributed by atoms with Gasteiger partial charge in [0, 0.05) is 23.5 Å². The quantitative estimate of drug-likeness (QED) is 0.560. The summed E-state index contributed by atoms with van der Waals surface area (Å²) in [6.45, 7) is 3.24. The average molecular weight is 457 g/mol. The Kier molecular flexibility index (Phi) is 4.27. The monoisotopic (exact) mass is 456 g/mol. The number of carbonyl (C=O) groups is 2. The molecular weight excluding hydrogens is 440 g/mol. The number of carbonyl (C=O) groups excluding carboxylic acids is 2. The first kappa shape index (κ1) is 18.1. The minimum absolute atomic E-state index is 0.0107. The summed E-state index contributed by atoms with van der Waals surface area (Å²) in [4.78, 5) is 35.8. The average Bonchev–Trinajstić information content (AvgIpc) is 3.44. The van der Waals surface area contributed by atoms with E-state index in [1.54, 1.807) is 13.3 Å². The molecule has 0 aliphatic carbocycles. The van der Waals surface area contributed by atoms with Crippen LogP contribution in [0.1, 0.15) is 45.8 Å². The molecule has 8 nitrogen and oxygen atoms in total. The van der Waals surface area contributed by atoms with Crippen molar-refractivity contribution >= 4 is 27.8 Å². The Morgan fingerprint density at radius 2 is 2.24 bits per heavy atom. The van der Waals surface area contributed by atoms with Crippen LogP contribution in [0, 0.1) is 0 Å². The number of rotatable bonds is 3. The third-order valence-electron chi connectivity index (χ3n) is 5.37. The molecule has 4 heterocycles. The van der Waals surface area contributed by atoms with Gasteiger partial charge in [-0.25, -0.2) is 14.8 Å². The Morgan fingerprint density at radius 1 is 1.38 bits per heavy atom. The number of benzene rings is 1. The molecule has 1 saturated heterocycles. The van der Waals surface area contributed by atoms with Gasteiger partial charge in [0.1, 0.15) is 12.0 Å². The normalized spacial score (nSPS) is 17.5. The van der Waals surface area contributed by atoms with E-state index in [9.17, 15) is 9.59 Å². The van der Waals surface area contributed by atoms with Crippen LogP contribution in [0.2, 0.25) is 0 Å². The summed E-state index contributed by atoms with van der Waals surface area (Å²) in [7, 11) is 0. The van der Waals surface area contributed by atoms with Gasteiger partial charge in [0.05, 0.1) is 23.6 Å². The predicted molar refractivity (Wildman–Crippen MR) is 106 cm³/mol. The second kappa shape index (κ2) is 6.84. The van der Waals surface area contributed by atoms with Crippen molar-refractivity contribution in [2.45, 2.75) is 19.3 Å². The highest BCUT2D eigenvalue weighted by Gasteiger charge is 2.38. The molecule has 1 atom stereocenters. The zero-order valence-corrected chi connectivity index (χ0v) is 17.2. The van der Waals surface area contributed by atoms with Gasteiger partial charge in [0.25, 0.3) is 5.91 Å². The fourth-order valence-corrected chi connectivity index (χ4v) is 4.46. The Balaban J connectivity index is 1.73. The van der Waals surface area contributed by atoms with Crippen molar-refractivity contribution in [2.75, 3.05) is 19.7 Å². The summed E-state index contributed by atoms with van der Waals surface area (Å²) in [6.07, 6.45) is 3.71. The van der Waals surface area contributed by atoms with Crippen LogP contribution in [-0.2, 0) is 4.74 Å². The number of hydrogen-bond donors (Lipinski definition) is 0. The summed E-state index contributed by atoms with van der Waals surface area (Å²) in [5.41, 5.74) is 2.93. The standard InChI is InChI=1S/C20H17BrN4O4/c1-2-28-20(27)16-18(29-10-23-16)15-17-11-5-6-24(8-11)19(26)13-7-12(21)3-4-14(13)25(17)9-22-15/h3-4,7,9-11H,2,5-6,8H2,1H3/t11-/m0/s1. The SMILES string of the molecule is CCOC(=O)c1ncoc1-c1ncn2c1[C@H]1CCN(C1)C(=O)c1cc(Br)ccc1-2. The minimum atomic E-state index is -0.545. The maximum Gasteiger partial charge on any atom is 0.361 e. The molecule has 2 bridgehead atoms. The first-order valence-corrected chi connectivity index (χ1v) is 10.1. The first-order chi connectivity index (χ1) is 14.1. The molecule has 1 aromatic carbocycles. The number of ether oxygens (including phenoxy) is 1. The molecule has 0 unspecified atom stereocenters. The Morgan fingerprint density at radius 3 is 3.07 bits per heavy atom. The van der Waals surface area contributed by atoms with Gasteiger partial charge in [0.15, 0.2) is 17.8 Å². The molecule has 0 radical (unpaired) electrons. The lowest BCUT2D eigenvalue weighted by Crippen LogP contribution is -2.31. The van der Waals surface area contributed by atoms with E-state index in [1.165, 1.54) is 6.39 Å². The molecule has 0 saturated carbocycles. The molecule has 5 rings (SSSR count). The number of halogens is 1. The van der Waals surface area contributed by atoms with Gasteiger partial charge < -0.3 is 18.6 Å². The number of imidazole rings is 1. The molecule has 2 aliphatic heterocycles. The minimum Gasteiger partial charge on any atom is -0.461 e. The van der Waals surface area contributed by atoms with Gasteiger partial charge in [-0.2, -0.15) is 0 Å². The van der Waals surface area contributed by atoms with Gasteiger partial charge in [-0.1, -0.05) is 15.9 Å². The third-order valence-corrected chi connectivity index (χ3v) is 5.86. The van der Waals surface area contributed by atoms with Crippen molar-refractivity contribution in [3.05, 3.63) is 52.3 Å². The zero-order valence-electron chi connectivity index (χ0n) is 15.6. The number of hydrogen-bond acceptors (Lipinski definition) is 6. The number of nitrogens with zero attached hydrogens (tertiary/aromatic N) is 4. The van der Waals surface area contributed by atoms with Gasteiger partial charge in [-0.15, -0.1) is 0 Å². The summed E-state index contributed by atoms with van der Waals surface area (Å²) in [5.74, 6) is -0.164. The lowest BCUT2D eigenvalue weighted by Gasteiger charge is -2.24. The molecule has 2 aliphatic rings. The van der Waals surface area contributed by atoms with Crippen LogP contribution in [0.25, 0.3) is 17.1 Å². The number of amides is 1. The Labute approximate surface area is 174 Å². The maximum absolute atomic E-state index is 13.0. The van der Waals surface area contributed by atoms with Crippen LogP contribution < -0.4 is 0 Å². The van der Waals surface area contributed by atoms with E-state index >= 15 is 0 Å². The predicted octanol–water partition coefficient (Wildman–Crippen LogP) is 3.41. The molecule has 2 aromatic heterocycles. The molecule has 3 aromatic rings. The zero-order chi connectivity index (χ0) is 20.1. The fourth-order valence-electron chi connectivity index (χ4n) is 4.10. The lowest BCUT2D eigenvalue weighted by atomic mass is 9.99. The van der Waals surface area contributed by atoms with Crippen LogP contribution in [0.4, 0.5) is 0 Å². The highest BCUT2D eigenvalue weighted by molar-refractivity contribution is 9.10. The second-order valence-corrected chi connectivity index (χ2v) is 7.91. The number of oxazole rings is 1. The van der Waals surface area contributed by atoms with Crippen molar-refractivity contribution in [1.82, 2.24) is 19.4 Å². The molecule has 148 valence electrons. The maximum atomic E-state index is 13.0. The molecule has 1 fully saturated rings. The van der Waals surface area contributed by atoms with Crippen LogP contribution in [0.5, 0.6) is 0 Å². The highest BCUT2D eigenvalue weighted by Crippen LogP contribution is 2.40. The van der Waals surface area contributed by atoms with Crippen molar-refractivity contribution in [1.29, 1.82) is 0 Å². The molecule has 0 N–H and O–H groups in total. The summed E-state index contributed by atoms with van der Waals surface area (Å²) in [5, 5.41) is 0. The van der Waals surface area contributed by atoms with E-state index in [2.05, 4.69) is 25.9 Å². The lowest BCUT2D eigenvalue weighted by molar-refractivity contribution is 0.0520. The van der Waals surface area contributed by atoms with Gasteiger partial charge in [-0.05, 0) is 31.5 Å². The fraction of sp³-hybridized carbons (Fsp3) is 0.300. The molecule has 29 heavy (non-hydrogen) atoms. The van der Waals surface area contributed by atoms with Crippen molar-refractivity contribution in [3.8, 4) is 17.1 Å². The van der Waals surface area contributed by atoms with Gasteiger partial charge >= 0.3 is 5.97 Å². The summed E-state index contributed by atoms with van der Waals surface area (Å²) >= 11 is 3.46. The Hall–Kier alpha value is -2.94. The first-order valence-electron chi connectivity index (χ1n) is 9.36. The number of fused-ring (bicyclic) bond motifs is 6. The molecule has 1 amide bonds. The van der Waals surface area contributed by atoms with Crippen molar-refractivity contribution in [3.63, 3.8) is 0 Å². The highest BCUT2D eigenvalue weighted by atomic mass is 79.9. The molecule has 0 spiro atoms. The number of aromatic nitrogens is 3. The van der Waals surface area contributed by atoms with Crippen molar-refractivity contribution < 1.29 is 18.7 Å². The van der Waals surface area contributed by atoms with Gasteiger partial charge in [-0.3, -0.25) is 4.79 Å². The topological polar surface area (TPSA) is 90.5 Å². The van der Waals surface area contributed by atoms with E-state index in [-0.39, 0.29) is 24.1 Å². The van der Waals surface area contributed by atoms with E-state index < -0.39 is 5.97 Å². The van der Waals surface area contributed by atoms with E-state index in [1.807, 2.05) is 27.7 Å². The Bertz CT molecular complexity index is 1140. The van der Waals surface area contributed by atoms with Crippen LogP contribution in [0.15, 0.2) is 39.8 Å². The summed E-state index contributed by atoms with van der Waals surface area (Å²) < 4.78 is 13.4. The molecular formula is C20H17BrN4O4. The van der Waals surface area contributed by atoms with E-state index in [0.717, 1.165) is 22.3 Å². The van der Waals surface area contributed by atoms with Crippen LogP contribution >= 0.6 is 15.9 Å². The van der Waals surface area contributed by atoms with Crippen molar-refractivity contribution in [2.24, 2.45) is 0 Å².